The Morgan fingerprint density at radius 2 is 2.40 bits per heavy atom. The van der Waals surface area contributed by atoms with Gasteiger partial charge in [-0.2, -0.15) is 5.10 Å². The van der Waals surface area contributed by atoms with Gasteiger partial charge in [0.2, 0.25) is 0 Å². The van der Waals surface area contributed by atoms with Crippen molar-refractivity contribution in [2.24, 2.45) is 12.9 Å². The Hall–Kier alpha value is -0.910. The van der Waals surface area contributed by atoms with Crippen LogP contribution in [0.5, 0.6) is 0 Å². The molecule has 0 radical (unpaired) electrons. The molecule has 0 aliphatic heterocycles. The number of ether oxygens (including phenoxy) is 1. The highest BCUT2D eigenvalue weighted by Gasteiger charge is 2.34. The molecule has 0 amide bonds. The number of hydrogen-bond acceptors (Lipinski definition) is 4. The Kier molecular flexibility index (Phi) is 3.84. The smallest absolute Gasteiger partial charge is 0.0936 e. The molecular formula is C10H20N4O. The number of aromatic nitrogens is 2. The van der Waals surface area contributed by atoms with Crippen molar-refractivity contribution in [2.75, 3.05) is 7.11 Å². The van der Waals surface area contributed by atoms with E-state index in [-0.39, 0.29) is 11.6 Å². The Bertz CT molecular complexity index is 306. The summed E-state index contributed by atoms with van der Waals surface area (Å²) in [5.74, 6) is 5.57. The largest absolute Gasteiger partial charge is 0.376 e. The molecule has 0 aliphatic carbocycles. The molecule has 2 atom stereocenters. The van der Waals surface area contributed by atoms with Crippen molar-refractivity contribution in [3.05, 3.63) is 18.0 Å². The van der Waals surface area contributed by atoms with Crippen LogP contribution in [0.15, 0.2) is 12.3 Å². The predicted molar refractivity (Wildman–Crippen MR) is 59.0 cm³/mol. The van der Waals surface area contributed by atoms with Crippen LogP contribution in [-0.4, -0.2) is 22.5 Å². The van der Waals surface area contributed by atoms with Crippen LogP contribution in [0, 0.1) is 0 Å². The molecule has 0 saturated carbocycles. The summed E-state index contributed by atoms with van der Waals surface area (Å²) in [7, 11) is 3.57. The Morgan fingerprint density at radius 3 is 2.73 bits per heavy atom. The minimum Gasteiger partial charge on any atom is -0.376 e. The van der Waals surface area contributed by atoms with E-state index in [0.717, 1.165) is 12.1 Å². The van der Waals surface area contributed by atoms with Gasteiger partial charge >= 0.3 is 0 Å². The molecule has 0 bridgehead atoms. The zero-order valence-corrected chi connectivity index (χ0v) is 9.82. The summed E-state index contributed by atoms with van der Waals surface area (Å²) in [5, 5.41) is 4.34. The van der Waals surface area contributed by atoms with Crippen molar-refractivity contribution in [3.63, 3.8) is 0 Å². The minimum atomic E-state index is -0.344. The van der Waals surface area contributed by atoms with Crippen LogP contribution in [0.25, 0.3) is 0 Å². The van der Waals surface area contributed by atoms with Crippen LogP contribution < -0.4 is 11.3 Å². The molecule has 86 valence electrons. The van der Waals surface area contributed by atoms with Crippen LogP contribution in [0.2, 0.25) is 0 Å². The molecule has 1 aromatic rings. The molecule has 15 heavy (non-hydrogen) atoms. The van der Waals surface area contributed by atoms with E-state index < -0.39 is 0 Å². The van der Waals surface area contributed by atoms with Crippen LogP contribution in [0.3, 0.4) is 0 Å². The molecule has 0 saturated heterocycles. The number of nitrogens with one attached hydrogen (secondary N) is 1. The lowest BCUT2D eigenvalue weighted by molar-refractivity contribution is -0.0312. The molecule has 1 aromatic heterocycles. The van der Waals surface area contributed by atoms with Crippen molar-refractivity contribution < 1.29 is 4.74 Å². The summed E-state index contributed by atoms with van der Waals surface area (Å²) in [6.07, 6.45) is 2.75. The fourth-order valence-electron chi connectivity index (χ4n) is 1.63. The summed E-state index contributed by atoms with van der Waals surface area (Å²) in [5.41, 5.74) is 3.32. The first kappa shape index (κ1) is 12.2. The van der Waals surface area contributed by atoms with Crippen molar-refractivity contribution in [1.29, 1.82) is 0 Å². The van der Waals surface area contributed by atoms with Crippen LogP contribution >= 0.6 is 0 Å². The highest BCUT2D eigenvalue weighted by atomic mass is 16.5. The topological polar surface area (TPSA) is 65.1 Å². The third-order valence-corrected chi connectivity index (χ3v) is 2.98. The Balaban J connectivity index is 2.97. The van der Waals surface area contributed by atoms with Gasteiger partial charge in [-0.1, -0.05) is 6.92 Å². The first-order chi connectivity index (χ1) is 7.07. The Labute approximate surface area is 90.6 Å². The number of rotatable bonds is 5. The van der Waals surface area contributed by atoms with Gasteiger partial charge in [-0.3, -0.25) is 10.5 Å². The van der Waals surface area contributed by atoms with Gasteiger partial charge in [0.1, 0.15) is 0 Å². The number of aryl methyl sites for hydroxylation is 1. The van der Waals surface area contributed by atoms with E-state index in [2.05, 4.69) is 17.4 Å². The lowest BCUT2D eigenvalue weighted by atomic mass is 9.91. The molecule has 2 unspecified atom stereocenters. The second-order valence-electron chi connectivity index (χ2n) is 3.88. The van der Waals surface area contributed by atoms with E-state index >= 15 is 0 Å². The van der Waals surface area contributed by atoms with Crippen LogP contribution in [0.4, 0.5) is 0 Å². The highest BCUT2D eigenvalue weighted by Crippen LogP contribution is 2.29. The summed E-state index contributed by atoms with van der Waals surface area (Å²) in [6, 6.07) is 1.84. The number of hydrazine groups is 1. The third kappa shape index (κ3) is 2.37. The molecule has 5 nitrogen and oxygen atoms in total. The van der Waals surface area contributed by atoms with Gasteiger partial charge in [0, 0.05) is 20.4 Å². The fourth-order valence-corrected chi connectivity index (χ4v) is 1.63. The average molecular weight is 212 g/mol. The number of nitrogens with zero attached hydrogens (tertiary/aromatic N) is 2. The Morgan fingerprint density at radius 1 is 1.73 bits per heavy atom. The van der Waals surface area contributed by atoms with E-state index in [9.17, 15) is 0 Å². The van der Waals surface area contributed by atoms with Crippen LogP contribution in [-0.2, 0) is 11.8 Å². The number of methoxy groups -OCH3 is 1. The summed E-state index contributed by atoms with van der Waals surface area (Å²) >= 11 is 0. The van der Waals surface area contributed by atoms with Gasteiger partial charge in [-0.15, -0.1) is 0 Å². The normalized spacial score (nSPS) is 17.4. The maximum Gasteiger partial charge on any atom is 0.0936 e. The van der Waals surface area contributed by atoms with Gasteiger partial charge < -0.3 is 4.74 Å². The van der Waals surface area contributed by atoms with Gasteiger partial charge in [0.15, 0.2) is 0 Å². The summed E-state index contributed by atoms with van der Waals surface area (Å²) in [4.78, 5) is 0. The molecule has 0 fully saturated rings. The van der Waals surface area contributed by atoms with E-state index in [4.69, 9.17) is 10.6 Å². The minimum absolute atomic E-state index is 0.103. The quantitative estimate of drug-likeness (QED) is 0.558. The molecule has 0 spiro atoms. The molecule has 3 N–H and O–H groups in total. The second kappa shape index (κ2) is 4.74. The molecule has 1 rings (SSSR count). The maximum absolute atomic E-state index is 5.57. The average Bonchev–Trinajstić information content (AvgIpc) is 2.65. The van der Waals surface area contributed by atoms with E-state index in [1.54, 1.807) is 11.8 Å². The zero-order chi connectivity index (χ0) is 11.5. The molecule has 1 heterocycles. The van der Waals surface area contributed by atoms with Crippen molar-refractivity contribution in [3.8, 4) is 0 Å². The zero-order valence-electron chi connectivity index (χ0n) is 9.82. The molecule has 5 heteroatoms. The van der Waals surface area contributed by atoms with Crippen molar-refractivity contribution >= 4 is 0 Å². The van der Waals surface area contributed by atoms with Gasteiger partial charge in [-0.25, -0.2) is 5.43 Å². The van der Waals surface area contributed by atoms with Gasteiger partial charge in [-0.05, 0) is 19.4 Å². The monoisotopic (exact) mass is 212 g/mol. The van der Waals surface area contributed by atoms with E-state index in [1.165, 1.54) is 0 Å². The lowest BCUT2D eigenvalue weighted by Gasteiger charge is -2.34. The van der Waals surface area contributed by atoms with Gasteiger partial charge in [0.25, 0.3) is 0 Å². The summed E-state index contributed by atoms with van der Waals surface area (Å²) in [6.45, 7) is 4.09. The number of nitrogens with two attached hydrogens (primary N) is 1. The standard InChI is InChI=1S/C10H20N4O/c1-5-10(2,15-4)9(12-11)8-6-7-14(3)13-8/h6-7,9,12H,5,11H2,1-4H3. The fraction of sp³-hybridized carbons (Fsp3) is 0.700. The van der Waals surface area contributed by atoms with Gasteiger partial charge in [0.05, 0.1) is 17.3 Å². The van der Waals surface area contributed by atoms with Crippen molar-refractivity contribution in [1.82, 2.24) is 15.2 Å². The number of hydrogen-bond donors (Lipinski definition) is 2. The van der Waals surface area contributed by atoms with Crippen LogP contribution in [0.1, 0.15) is 32.0 Å². The second-order valence-corrected chi connectivity index (χ2v) is 3.88. The predicted octanol–water partition coefficient (Wildman–Crippen LogP) is 0.740. The van der Waals surface area contributed by atoms with Crippen molar-refractivity contribution in [2.45, 2.75) is 31.9 Å². The first-order valence-corrected chi connectivity index (χ1v) is 5.08. The van der Waals surface area contributed by atoms with E-state index in [1.807, 2.05) is 26.2 Å². The molecule has 0 aromatic carbocycles. The highest BCUT2D eigenvalue weighted by molar-refractivity contribution is 5.10. The maximum atomic E-state index is 5.57. The molecular weight excluding hydrogens is 192 g/mol. The lowest BCUT2D eigenvalue weighted by Crippen LogP contribution is -2.45. The SMILES string of the molecule is CCC(C)(OC)C(NN)c1ccn(C)n1. The van der Waals surface area contributed by atoms with E-state index in [0.29, 0.717) is 0 Å². The summed E-state index contributed by atoms with van der Waals surface area (Å²) < 4.78 is 7.27. The molecule has 0 aliphatic rings. The third-order valence-electron chi connectivity index (χ3n) is 2.98. The first-order valence-electron chi connectivity index (χ1n) is 5.08.